The van der Waals surface area contributed by atoms with Crippen LogP contribution in [0.2, 0.25) is 0 Å². The normalized spacial score (nSPS) is 17.0. The summed E-state index contributed by atoms with van der Waals surface area (Å²) < 4.78 is 131. The number of allylic oxidation sites excluding steroid dienone is 5. The largest absolute Gasteiger partial charge is 0.222 e. The Labute approximate surface area is 593 Å². The first kappa shape index (κ1) is 77.0. The molecular weight excluding hydrogens is 1370 g/mol. The molecule has 4 aliphatic rings. The molecule has 4 heterocycles. The van der Waals surface area contributed by atoms with Gasteiger partial charge in [-0.1, -0.05) is 171 Å². The van der Waals surface area contributed by atoms with E-state index in [4.69, 9.17) is 18.6 Å². The van der Waals surface area contributed by atoms with E-state index >= 15 is 0 Å². The summed E-state index contributed by atoms with van der Waals surface area (Å²) in [5.41, 5.74) is 17.5. The molecule has 10 aromatic rings. The number of nitrogens with one attached hydrogen (secondary N) is 1. The summed E-state index contributed by atoms with van der Waals surface area (Å²) in [5, 5.41) is 14.2. The molecule has 0 fully saturated rings. The number of nitrogens with zero attached hydrogens (tertiary/aromatic N) is 4. The van der Waals surface area contributed by atoms with Gasteiger partial charge in [0.2, 0.25) is 23.0 Å². The van der Waals surface area contributed by atoms with Gasteiger partial charge in [-0.2, -0.15) is 9.15 Å². The number of fused-ring (bicyclic) bond motifs is 12. The SMILES string of the molecule is CC(=O)N(C=CC1=[N+](C)c2ccc3ccccc3c2C1(C)C)c1ccccc1.CC1=[N+](C)c2c(ccc3ccccc23)C1(C)C.C[N+]1=C(C=CC=C2Nc3c(ccc4ccccc34)C2(C)C)C(C)(C)c2c1ccc1ccccc21.Cc1ccc(S(=O)(=O)[O-])cc1.F[P-](F)(F)(F)(F)F.[O-][Cl+3]([O-])([O-])[O-]. The van der Waals surface area contributed by atoms with Crippen LogP contribution in [-0.4, -0.2) is 70.9 Å². The average molecular weight is 1450 g/mol. The first-order valence-electron chi connectivity index (χ1n) is 32.5. The fourth-order valence-corrected chi connectivity index (χ4v) is 14.4. The summed E-state index contributed by atoms with van der Waals surface area (Å²) in [6.45, 7) is 24.1. The monoisotopic (exact) mass is 1450 g/mol. The standard InChI is InChI=1S/C32H30N2.C25H25N2O.C16H18N.C7H8O3S.ClHO4.F6P/c1-31(2)25-19-17-22-12-7-9-14-24(22)30(25)33-27(31)15-10-16-28-32(3,4)29-23-13-8-6-11-21(23)18-20-26(29)34(28)5;1-18(28)27(20-11-6-5-7-12-20)17-16-23-25(2,3)24-21-13-9-8-10-19(21)14-15-22(24)26(23)4;1-11-16(2,3)14-10-9-12-7-5-6-8-13(12)15(14)17(11)4;1-6-2-4-7(5-3-6)11(8,9)10;2-1(3,4)5;1-7(2,3,4,5)6/h6-20H,1-5H3;5-17H,1-4H3;5-10H,1-4H3;2-5H,1H3,(H,8,9,10);(H,2,3,4,5);/q;2*+1;;;-1/p-1. The van der Waals surface area contributed by atoms with E-state index < -0.39 is 28.2 Å². The second kappa shape index (κ2) is 27.9. The number of anilines is 2. The van der Waals surface area contributed by atoms with Crippen LogP contribution < -0.4 is 28.9 Å². The van der Waals surface area contributed by atoms with Gasteiger partial charge >= 0.3 is 33.0 Å². The van der Waals surface area contributed by atoms with Crippen molar-refractivity contribution in [3.05, 3.63) is 264 Å². The minimum atomic E-state index is -10.7. The summed E-state index contributed by atoms with van der Waals surface area (Å²) in [6, 6.07) is 67.9. The first-order valence-corrected chi connectivity index (χ1v) is 37.1. The molecule has 102 heavy (non-hydrogen) atoms. The molecule has 1 amide bonds. The Morgan fingerprint density at radius 1 is 0.500 bits per heavy atom. The molecule has 534 valence electrons. The topological polar surface area (TPSA) is 191 Å². The number of rotatable bonds is 6. The predicted molar refractivity (Wildman–Crippen MR) is 388 cm³/mol. The average Bonchev–Trinajstić information content (AvgIpc) is 1.57. The van der Waals surface area contributed by atoms with Crippen molar-refractivity contribution < 1.29 is 85.6 Å². The maximum atomic E-state index is 12.2. The van der Waals surface area contributed by atoms with Crippen molar-refractivity contribution in [1.82, 2.24) is 0 Å². The van der Waals surface area contributed by atoms with Crippen LogP contribution >= 0.6 is 7.81 Å². The van der Waals surface area contributed by atoms with Gasteiger partial charge in [-0.25, -0.2) is 31.6 Å². The number of carbonyl (C=O) groups excluding carboxylic acids is 1. The van der Waals surface area contributed by atoms with Crippen LogP contribution in [0.5, 0.6) is 0 Å². The zero-order valence-electron chi connectivity index (χ0n) is 59.0. The Kier molecular flexibility index (Phi) is 21.0. The van der Waals surface area contributed by atoms with E-state index in [1.165, 1.54) is 123 Å². The molecule has 14 rings (SSSR count). The molecule has 0 bridgehead atoms. The molecule has 22 heteroatoms. The smallest absolute Gasteiger partial charge is 0.112 e. The summed E-state index contributed by atoms with van der Waals surface area (Å²) in [6.07, 6.45) is 10.7. The Hall–Kier alpha value is -9.21. The summed E-state index contributed by atoms with van der Waals surface area (Å²) >= 11 is 0. The third kappa shape index (κ3) is 17.3. The fourth-order valence-electron chi connectivity index (χ4n) is 13.9. The zero-order chi connectivity index (χ0) is 75.2. The third-order valence-corrected chi connectivity index (χ3v) is 20.1. The number of para-hydroxylation sites is 1. The second-order valence-electron chi connectivity index (χ2n) is 27.5. The molecule has 13 nitrogen and oxygen atoms in total. The number of hydrogen-bond donors (Lipinski definition) is 1. The number of aryl methyl sites for hydroxylation is 1. The van der Waals surface area contributed by atoms with Crippen LogP contribution in [-0.2, 0) is 36.6 Å². The van der Waals surface area contributed by atoms with Gasteiger partial charge in [0.15, 0.2) is 17.1 Å². The minimum absolute atomic E-state index is 0.00975. The molecule has 0 aliphatic carbocycles. The molecule has 0 saturated carbocycles. The van der Waals surface area contributed by atoms with Gasteiger partial charge in [-0.3, -0.25) is 9.69 Å². The summed E-state index contributed by atoms with van der Waals surface area (Å²) in [4.78, 5) is 13.8. The van der Waals surface area contributed by atoms with Crippen molar-refractivity contribution in [3.63, 3.8) is 0 Å². The Bertz CT molecular complexity index is 5250. The number of hydrogen-bond acceptors (Lipinski definition) is 9. The van der Waals surface area contributed by atoms with Gasteiger partial charge < -0.3 is 9.87 Å². The van der Waals surface area contributed by atoms with Crippen molar-refractivity contribution in [2.75, 3.05) is 31.4 Å². The van der Waals surface area contributed by atoms with Gasteiger partial charge in [0.1, 0.15) is 31.3 Å². The van der Waals surface area contributed by atoms with Gasteiger partial charge in [-0.15, -0.1) is 10.2 Å². The third-order valence-electron chi connectivity index (χ3n) is 19.2. The molecule has 1 N–H and O–H groups in total. The van der Waals surface area contributed by atoms with Gasteiger partial charge in [0.05, 0.1) is 32.2 Å². The first-order chi connectivity index (χ1) is 47.2. The number of carbonyl (C=O) groups is 1. The van der Waals surface area contributed by atoms with Crippen molar-refractivity contribution in [2.45, 2.75) is 103 Å². The van der Waals surface area contributed by atoms with Crippen molar-refractivity contribution in [2.24, 2.45) is 0 Å². The molecular formula is C80H81ClF6N5O8PS. The minimum Gasteiger partial charge on any atom is -0.222 e. The van der Waals surface area contributed by atoms with E-state index in [-0.39, 0.29) is 32.5 Å². The van der Waals surface area contributed by atoms with E-state index in [9.17, 15) is 42.9 Å². The van der Waals surface area contributed by atoms with E-state index in [1.807, 2.05) is 43.5 Å². The van der Waals surface area contributed by atoms with Crippen LogP contribution in [0.25, 0.3) is 43.1 Å². The predicted octanol–water partition coefficient (Wildman–Crippen LogP) is 16.6. The van der Waals surface area contributed by atoms with Crippen LogP contribution in [0.15, 0.2) is 241 Å². The quantitative estimate of drug-likeness (QED) is 0.0730. The zero-order valence-corrected chi connectivity index (χ0v) is 61.5. The molecule has 10 aromatic carbocycles. The Balaban J connectivity index is 0.000000159. The maximum Gasteiger partial charge on any atom is -0.112 e. The fraction of sp³-hybridized carbons (Fsp3) is 0.225. The molecule has 0 spiro atoms. The number of benzene rings is 10. The maximum absolute atomic E-state index is 12.2. The van der Waals surface area contributed by atoms with Crippen LogP contribution in [0.4, 0.5) is 53.6 Å². The van der Waals surface area contributed by atoms with E-state index in [0.29, 0.717) is 0 Å². The Morgan fingerprint density at radius 2 is 0.892 bits per heavy atom. The van der Waals surface area contributed by atoms with E-state index in [0.717, 1.165) is 11.3 Å². The second-order valence-corrected chi connectivity index (χ2v) is 31.5. The van der Waals surface area contributed by atoms with Crippen LogP contribution in [0.1, 0.15) is 97.1 Å². The van der Waals surface area contributed by atoms with Gasteiger partial charge in [0, 0.05) is 83.2 Å². The Morgan fingerprint density at radius 3 is 1.35 bits per heavy atom. The molecule has 0 radical (unpaired) electrons. The van der Waals surface area contributed by atoms with Crippen molar-refractivity contribution in [1.29, 1.82) is 0 Å². The van der Waals surface area contributed by atoms with Gasteiger partial charge in [0.25, 0.3) is 0 Å². The van der Waals surface area contributed by atoms with Crippen molar-refractivity contribution >= 4 is 112 Å². The summed E-state index contributed by atoms with van der Waals surface area (Å²) in [5.74, 6) is -0.00975. The van der Waals surface area contributed by atoms with E-state index in [2.05, 4.69) is 272 Å². The summed E-state index contributed by atoms with van der Waals surface area (Å²) in [7, 11) is -13.4. The molecule has 0 aromatic heterocycles. The molecule has 0 unspecified atom stereocenters. The van der Waals surface area contributed by atoms with Crippen LogP contribution in [0, 0.1) is 17.2 Å². The molecule has 0 saturated heterocycles. The van der Waals surface area contributed by atoms with E-state index in [1.54, 1.807) is 24.0 Å². The van der Waals surface area contributed by atoms with Gasteiger partial charge in [-0.05, 0) is 135 Å². The molecule has 0 atom stereocenters. The number of amides is 1. The van der Waals surface area contributed by atoms with Crippen LogP contribution in [0.3, 0.4) is 0 Å². The van der Waals surface area contributed by atoms with Crippen molar-refractivity contribution in [3.8, 4) is 0 Å². The number of halogens is 7. The molecule has 4 aliphatic heterocycles.